The van der Waals surface area contributed by atoms with Crippen molar-refractivity contribution in [3.8, 4) is 0 Å². The van der Waals surface area contributed by atoms with Crippen LogP contribution in [0.3, 0.4) is 0 Å². The summed E-state index contributed by atoms with van der Waals surface area (Å²) in [7, 11) is -4.24. The van der Waals surface area contributed by atoms with Crippen molar-refractivity contribution in [3.63, 3.8) is 0 Å². The van der Waals surface area contributed by atoms with Gasteiger partial charge in [-0.3, -0.25) is 0 Å². The van der Waals surface area contributed by atoms with Crippen LogP contribution in [0.2, 0.25) is 0 Å². The molecule has 2 aromatic carbocycles. The molecule has 0 bridgehead atoms. The van der Waals surface area contributed by atoms with E-state index in [-0.39, 0.29) is 26.8 Å². The minimum absolute atomic E-state index is 0.0205. The van der Waals surface area contributed by atoms with E-state index in [1.54, 1.807) is 12.1 Å². The fourth-order valence-corrected chi connectivity index (χ4v) is 7.40. The summed E-state index contributed by atoms with van der Waals surface area (Å²) in [6.07, 6.45) is 0.838. The average Bonchev–Trinajstić information content (AvgIpc) is 3.22. The van der Waals surface area contributed by atoms with E-state index in [0.29, 0.717) is 6.42 Å². The van der Waals surface area contributed by atoms with Crippen molar-refractivity contribution in [2.24, 2.45) is 5.92 Å². The molecule has 7 nitrogen and oxygen atoms in total. The number of rotatable bonds is 7. The number of amides is 1. The third kappa shape index (κ3) is 5.41. The molecule has 36 heavy (non-hydrogen) atoms. The first-order valence-electron chi connectivity index (χ1n) is 12.3. The van der Waals surface area contributed by atoms with Gasteiger partial charge >= 0.3 is 12.1 Å². The lowest BCUT2D eigenvalue weighted by Crippen LogP contribution is -2.50. The second-order valence-electron chi connectivity index (χ2n) is 9.87. The number of carbonyl (C=O) groups excluding carboxylic acids is 2. The monoisotopic (exact) mass is 625 g/mol. The summed E-state index contributed by atoms with van der Waals surface area (Å²) >= 11 is 2.11. The second-order valence-corrected chi connectivity index (χ2v) is 13.1. The van der Waals surface area contributed by atoms with E-state index in [9.17, 15) is 18.0 Å². The van der Waals surface area contributed by atoms with Gasteiger partial charge in [0.15, 0.2) is 0 Å². The molecule has 1 aliphatic carbocycles. The summed E-state index contributed by atoms with van der Waals surface area (Å²) in [4.78, 5) is 26.5. The highest BCUT2D eigenvalue weighted by molar-refractivity contribution is 14.1. The first-order chi connectivity index (χ1) is 17.1. The third-order valence-electron chi connectivity index (χ3n) is 6.96. The predicted molar refractivity (Wildman–Crippen MR) is 144 cm³/mol. The van der Waals surface area contributed by atoms with E-state index in [1.165, 1.54) is 12.1 Å². The highest BCUT2D eigenvalue weighted by Crippen LogP contribution is 2.38. The summed E-state index contributed by atoms with van der Waals surface area (Å²) in [5.41, 5.74) is 2.00. The zero-order valence-corrected chi connectivity index (χ0v) is 23.6. The van der Waals surface area contributed by atoms with Crippen molar-refractivity contribution in [3.05, 3.63) is 65.7 Å². The quantitative estimate of drug-likeness (QED) is 0.226. The number of nitrogens with zero attached hydrogens (tertiary/aromatic N) is 1. The number of esters is 1. The molecule has 1 aliphatic heterocycles. The van der Waals surface area contributed by atoms with Gasteiger partial charge in [0.25, 0.3) is 10.0 Å². The van der Waals surface area contributed by atoms with Crippen molar-refractivity contribution >= 4 is 44.7 Å². The fourth-order valence-electron chi connectivity index (χ4n) is 4.97. The van der Waals surface area contributed by atoms with Crippen LogP contribution in [0.1, 0.15) is 56.6 Å². The van der Waals surface area contributed by atoms with Crippen LogP contribution < -0.4 is 0 Å². The van der Waals surface area contributed by atoms with Crippen molar-refractivity contribution < 1.29 is 27.5 Å². The molecule has 9 heteroatoms. The Morgan fingerprint density at radius 1 is 1.06 bits per heavy atom. The van der Waals surface area contributed by atoms with Gasteiger partial charge in [0.2, 0.25) is 6.10 Å². The fraction of sp³-hybridized carbons (Fsp3) is 0.481. The Morgan fingerprint density at radius 3 is 2.33 bits per heavy atom. The SMILES string of the molecule is Cc1ccc(S(=O)(=O)N2C(=O)O[C@@H](C(=O)O[C@@H]3CCCC[C@H]3c3ccccc3)[C@@H]2[C@@H](I)C(C)C)cc1. The maximum absolute atomic E-state index is 13.6. The molecular weight excluding hydrogens is 593 g/mol. The summed E-state index contributed by atoms with van der Waals surface area (Å²) in [6, 6.07) is 15.2. The molecule has 4 rings (SSSR count). The number of benzene rings is 2. The van der Waals surface area contributed by atoms with Crippen LogP contribution in [0, 0.1) is 12.8 Å². The van der Waals surface area contributed by atoms with Gasteiger partial charge in [-0.2, -0.15) is 4.31 Å². The van der Waals surface area contributed by atoms with Gasteiger partial charge in [-0.1, -0.05) is 90.9 Å². The molecular formula is C27H32INO6S. The van der Waals surface area contributed by atoms with E-state index < -0.39 is 34.2 Å². The van der Waals surface area contributed by atoms with Gasteiger partial charge in [-0.05, 0) is 49.8 Å². The van der Waals surface area contributed by atoms with Crippen LogP contribution in [0.15, 0.2) is 59.5 Å². The Labute approximate surface area is 226 Å². The van der Waals surface area contributed by atoms with Gasteiger partial charge in [0.1, 0.15) is 12.1 Å². The molecule has 2 aromatic rings. The molecule has 2 aliphatic rings. The molecule has 0 N–H and O–H groups in total. The molecule has 0 aromatic heterocycles. The molecule has 1 saturated heterocycles. The smallest absolute Gasteiger partial charge is 0.425 e. The number of ether oxygens (including phenoxy) is 2. The Kier molecular flexibility index (Phi) is 8.28. The van der Waals surface area contributed by atoms with Crippen molar-refractivity contribution in [1.29, 1.82) is 0 Å². The van der Waals surface area contributed by atoms with Crippen LogP contribution in [0.25, 0.3) is 0 Å². The summed E-state index contributed by atoms with van der Waals surface area (Å²) < 4.78 is 38.9. The summed E-state index contributed by atoms with van der Waals surface area (Å²) in [5, 5.41) is 0. The number of alkyl halides is 1. The largest absolute Gasteiger partial charge is 0.459 e. The normalized spacial score (nSPS) is 25.5. The molecule has 0 radical (unpaired) electrons. The zero-order valence-electron chi connectivity index (χ0n) is 20.7. The Balaban J connectivity index is 1.63. The van der Waals surface area contributed by atoms with Crippen molar-refractivity contribution in [2.45, 2.75) is 79.4 Å². The summed E-state index contributed by atoms with van der Waals surface area (Å²) in [5.74, 6) is -0.666. The Hall–Kier alpha value is -2.14. The minimum atomic E-state index is -4.24. The lowest BCUT2D eigenvalue weighted by Gasteiger charge is -2.33. The third-order valence-corrected chi connectivity index (χ3v) is 10.9. The van der Waals surface area contributed by atoms with Crippen LogP contribution in [-0.2, 0) is 24.3 Å². The number of hydrogen-bond acceptors (Lipinski definition) is 6. The van der Waals surface area contributed by atoms with Crippen molar-refractivity contribution in [2.75, 3.05) is 0 Å². The zero-order chi connectivity index (χ0) is 26.0. The van der Waals surface area contributed by atoms with E-state index in [1.807, 2.05) is 51.1 Å². The first kappa shape index (κ1) is 26.9. The highest BCUT2D eigenvalue weighted by atomic mass is 127. The van der Waals surface area contributed by atoms with Crippen LogP contribution in [0.4, 0.5) is 4.79 Å². The van der Waals surface area contributed by atoms with Gasteiger partial charge in [0, 0.05) is 9.84 Å². The predicted octanol–water partition coefficient (Wildman–Crippen LogP) is 5.60. The maximum atomic E-state index is 13.6. The van der Waals surface area contributed by atoms with E-state index in [0.717, 1.165) is 34.7 Å². The Bertz CT molecular complexity index is 1180. The number of halogens is 1. The first-order valence-corrected chi connectivity index (χ1v) is 15.0. The molecule has 5 atom stereocenters. The van der Waals surface area contributed by atoms with E-state index in [4.69, 9.17) is 9.47 Å². The molecule has 0 unspecified atom stereocenters. The van der Waals surface area contributed by atoms with Gasteiger partial charge in [-0.25, -0.2) is 18.0 Å². The van der Waals surface area contributed by atoms with Crippen molar-refractivity contribution in [1.82, 2.24) is 4.31 Å². The number of hydrogen-bond donors (Lipinski definition) is 0. The van der Waals surface area contributed by atoms with Crippen LogP contribution >= 0.6 is 22.6 Å². The molecule has 1 amide bonds. The molecule has 1 heterocycles. The number of aryl methyl sites for hydroxylation is 1. The van der Waals surface area contributed by atoms with Crippen LogP contribution in [0.5, 0.6) is 0 Å². The topological polar surface area (TPSA) is 90.0 Å². The average molecular weight is 626 g/mol. The van der Waals surface area contributed by atoms with E-state index in [2.05, 4.69) is 22.6 Å². The molecule has 2 fully saturated rings. The summed E-state index contributed by atoms with van der Waals surface area (Å²) in [6.45, 7) is 5.69. The number of carbonyl (C=O) groups is 2. The molecule has 1 saturated carbocycles. The number of sulfonamides is 1. The molecule has 0 spiro atoms. The van der Waals surface area contributed by atoms with Gasteiger partial charge < -0.3 is 9.47 Å². The number of cyclic esters (lactones) is 1. The molecule has 194 valence electrons. The maximum Gasteiger partial charge on any atom is 0.425 e. The van der Waals surface area contributed by atoms with Crippen LogP contribution in [-0.4, -0.2) is 47.0 Å². The standard InChI is InChI=1S/C27H32INO6S/c1-17(2)23(28)24-25(35-27(31)29(24)36(32,33)20-15-13-18(3)14-16-20)26(30)34-22-12-8-7-11-21(22)19-9-5-4-6-10-19/h4-6,9-10,13-17,21-25H,7-8,11-12H2,1-3H3/t21-,22+,23-,24-,25+/m0/s1. The minimum Gasteiger partial charge on any atom is -0.459 e. The lowest BCUT2D eigenvalue weighted by molar-refractivity contribution is -0.161. The van der Waals surface area contributed by atoms with Gasteiger partial charge in [0.05, 0.1) is 4.90 Å². The van der Waals surface area contributed by atoms with Gasteiger partial charge in [-0.15, -0.1) is 0 Å². The lowest BCUT2D eigenvalue weighted by atomic mass is 9.81. The second kappa shape index (κ2) is 11.1. The highest BCUT2D eigenvalue weighted by Gasteiger charge is 2.56. The Morgan fingerprint density at radius 2 is 1.69 bits per heavy atom. The van der Waals surface area contributed by atoms with E-state index >= 15 is 0 Å².